The Morgan fingerprint density at radius 1 is 1.13 bits per heavy atom. The van der Waals surface area contributed by atoms with Crippen LogP contribution in [0.1, 0.15) is 29.3 Å². The van der Waals surface area contributed by atoms with Gasteiger partial charge < -0.3 is 0 Å². The van der Waals surface area contributed by atoms with Crippen LogP contribution in [0.3, 0.4) is 0 Å². The molecule has 23 heavy (non-hydrogen) atoms. The number of pyridine rings is 1. The van der Waals surface area contributed by atoms with Crippen molar-refractivity contribution in [2.75, 3.05) is 0 Å². The Labute approximate surface area is 138 Å². The first-order valence-corrected chi connectivity index (χ1v) is 7.95. The van der Waals surface area contributed by atoms with E-state index >= 15 is 0 Å². The lowest BCUT2D eigenvalue weighted by Gasteiger charge is -2.06. The van der Waals surface area contributed by atoms with Crippen molar-refractivity contribution in [1.82, 2.24) is 4.57 Å². The minimum Gasteiger partial charge on any atom is -0.237 e. The lowest BCUT2D eigenvalue weighted by atomic mass is 10.0. The molecule has 0 bridgehead atoms. The number of hydrogen-bond acceptors (Lipinski definition) is 0. The summed E-state index contributed by atoms with van der Waals surface area (Å²) in [7, 11) is 2.08. The highest BCUT2D eigenvalue weighted by molar-refractivity contribution is 5.97. The van der Waals surface area contributed by atoms with E-state index in [2.05, 4.69) is 86.1 Å². The average molecular weight is 303 g/mol. The van der Waals surface area contributed by atoms with Crippen LogP contribution in [-0.4, -0.2) is 4.57 Å². The van der Waals surface area contributed by atoms with Crippen LogP contribution in [0.5, 0.6) is 0 Å². The molecule has 2 aromatic heterocycles. The van der Waals surface area contributed by atoms with E-state index in [9.17, 15) is 0 Å². The second kappa shape index (κ2) is 5.88. The Kier molecular flexibility index (Phi) is 3.91. The number of fused-ring (bicyclic) bond motifs is 1. The third kappa shape index (κ3) is 2.31. The molecule has 0 aliphatic heterocycles. The smallest absolute Gasteiger partial charge is 0.237 e. The molecule has 0 atom stereocenters. The highest BCUT2D eigenvalue weighted by Crippen LogP contribution is 2.33. The van der Waals surface area contributed by atoms with Gasteiger partial charge in [-0.15, -0.1) is 0 Å². The van der Waals surface area contributed by atoms with Crippen LogP contribution in [0.15, 0.2) is 49.2 Å². The Bertz CT molecular complexity index is 927. The van der Waals surface area contributed by atoms with E-state index in [-0.39, 0.29) is 0 Å². The molecule has 0 saturated carbocycles. The van der Waals surface area contributed by atoms with Crippen LogP contribution in [0, 0.1) is 13.8 Å². The van der Waals surface area contributed by atoms with Gasteiger partial charge >= 0.3 is 0 Å². The summed E-state index contributed by atoms with van der Waals surface area (Å²) in [6, 6.07) is 10.7. The molecular weight excluding hydrogens is 280 g/mol. The standard InChI is InChI=1S/C21H23N2/c1-6-10-17-18-13-12-15(3)16(4)21(18)23(19(17)7-2)20-11-8-9-14-22(20)5/h6-14H,2H2,1,3-5H3/q+1/b10-6-. The summed E-state index contributed by atoms with van der Waals surface area (Å²) >= 11 is 0. The largest absolute Gasteiger partial charge is 0.286 e. The summed E-state index contributed by atoms with van der Waals surface area (Å²) in [6.45, 7) is 10.5. The van der Waals surface area contributed by atoms with Gasteiger partial charge in [-0.1, -0.05) is 30.9 Å². The van der Waals surface area contributed by atoms with Gasteiger partial charge in [0, 0.05) is 17.0 Å². The molecule has 0 saturated heterocycles. The molecule has 0 fully saturated rings. The molecule has 0 spiro atoms. The van der Waals surface area contributed by atoms with Crippen molar-refractivity contribution in [3.8, 4) is 5.82 Å². The molecule has 3 rings (SSSR count). The number of nitrogens with zero attached hydrogens (tertiary/aromatic N) is 2. The van der Waals surface area contributed by atoms with E-state index in [0.717, 1.165) is 11.5 Å². The fourth-order valence-electron chi connectivity index (χ4n) is 3.21. The monoisotopic (exact) mass is 303 g/mol. The molecule has 0 aliphatic carbocycles. The minimum absolute atomic E-state index is 1.13. The van der Waals surface area contributed by atoms with Gasteiger partial charge in [-0.3, -0.25) is 0 Å². The zero-order chi connectivity index (χ0) is 16.6. The van der Waals surface area contributed by atoms with E-state index in [4.69, 9.17) is 0 Å². The lowest BCUT2D eigenvalue weighted by molar-refractivity contribution is -0.665. The number of aromatic nitrogens is 2. The molecular formula is C21H23N2+. The summed E-state index contributed by atoms with van der Waals surface area (Å²) in [6.07, 6.45) is 8.30. The number of hydrogen-bond donors (Lipinski definition) is 0. The Hall–Kier alpha value is -2.61. The molecule has 0 unspecified atom stereocenters. The summed E-state index contributed by atoms with van der Waals surface area (Å²) in [5, 5.41) is 1.27. The van der Waals surface area contributed by atoms with Crippen LogP contribution < -0.4 is 4.57 Å². The van der Waals surface area contributed by atoms with Crippen LogP contribution in [0.4, 0.5) is 0 Å². The second-order valence-corrected chi connectivity index (χ2v) is 5.91. The van der Waals surface area contributed by atoms with Crippen molar-refractivity contribution in [1.29, 1.82) is 0 Å². The number of benzene rings is 1. The molecule has 116 valence electrons. The van der Waals surface area contributed by atoms with Crippen molar-refractivity contribution in [2.24, 2.45) is 7.05 Å². The summed E-state index contributed by atoms with van der Waals surface area (Å²) in [5.74, 6) is 1.14. The first kappa shape index (κ1) is 15.3. The van der Waals surface area contributed by atoms with E-state index in [1.807, 2.05) is 12.1 Å². The fourth-order valence-corrected chi connectivity index (χ4v) is 3.21. The molecule has 0 radical (unpaired) electrons. The van der Waals surface area contributed by atoms with E-state index in [1.54, 1.807) is 0 Å². The number of allylic oxidation sites excluding steroid dienone is 1. The van der Waals surface area contributed by atoms with E-state index in [1.165, 1.54) is 27.6 Å². The zero-order valence-electron chi connectivity index (χ0n) is 14.3. The third-order valence-corrected chi connectivity index (χ3v) is 4.52. The van der Waals surface area contributed by atoms with Crippen LogP contribution >= 0.6 is 0 Å². The van der Waals surface area contributed by atoms with Gasteiger partial charge in [0.2, 0.25) is 0 Å². The van der Waals surface area contributed by atoms with Gasteiger partial charge in [0.1, 0.15) is 11.2 Å². The molecule has 2 heterocycles. The van der Waals surface area contributed by atoms with Crippen molar-refractivity contribution in [3.63, 3.8) is 0 Å². The van der Waals surface area contributed by atoms with Crippen LogP contribution in [0.2, 0.25) is 0 Å². The maximum absolute atomic E-state index is 4.07. The van der Waals surface area contributed by atoms with Gasteiger partial charge in [0.05, 0.1) is 13.2 Å². The quantitative estimate of drug-likeness (QED) is 0.618. The van der Waals surface area contributed by atoms with E-state index < -0.39 is 0 Å². The first-order chi connectivity index (χ1) is 11.1. The van der Waals surface area contributed by atoms with Gasteiger partial charge in [-0.2, -0.15) is 4.57 Å². The third-order valence-electron chi connectivity index (χ3n) is 4.52. The number of aryl methyl sites for hydroxylation is 3. The molecule has 3 aromatic rings. The first-order valence-electron chi connectivity index (χ1n) is 7.95. The predicted octanol–water partition coefficient (Wildman–Crippen LogP) is 4.75. The Morgan fingerprint density at radius 2 is 1.91 bits per heavy atom. The van der Waals surface area contributed by atoms with Gasteiger partial charge in [-0.25, -0.2) is 4.57 Å². The second-order valence-electron chi connectivity index (χ2n) is 5.91. The lowest BCUT2D eigenvalue weighted by Crippen LogP contribution is -2.33. The van der Waals surface area contributed by atoms with Crippen molar-refractivity contribution < 1.29 is 4.57 Å². The molecule has 1 aromatic carbocycles. The van der Waals surface area contributed by atoms with Crippen molar-refractivity contribution >= 4 is 23.1 Å². The van der Waals surface area contributed by atoms with Crippen LogP contribution in [-0.2, 0) is 7.05 Å². The normalized spacial score (nSPS) is 11.5. The maximum atomic E-state index is 4.07. The van der Waals surface area contributed by atoms with Gasteiger partial charge in [0.25, 0.3) is 5.82 Å². The SMILES string of the molecule is C=Cc1c(/C=C\C)c2ccc(C)c(C)c2n1-c1cccc[n+]1C. The average Bonchev–Trinajstić information content (AvgIpc) is 2.86. The Morgan fingerprint density at radius 3 is 2.57 bits per heavy atom. The van der Waals surface area contributed by atoms with Crippen LogP contribution in [0.25, 0.3) is 28.9 Å². The Balaban J connectivity index is 2.56. The highest BCUT2D eigenvalue weighted by atomic mass is 15.1. The topological polar surface area (TPSA) is 8.81 Å². The highest BCUT2D eigenvalue weighted by Gasteiger charge is 2.24. The van der Waals surface area contributed by atoms with E-state index in [0.29, 0.717) is 0 Å². The van der Waals surface area contributed by atoms with Gasteiger partial charge in [0.15, 0.2) is 0 Å². The zero-order valence-corrected chi connectivity index (χ0v) is 14.3. The molecule has 0 N–H and O–H groups in total. The predicted molar refractivity (Wildman–Crippen MR) is 98.7 cm³/mol. The summed E-state index contributed by atoms with van der Waals surface area (Å²) < 4.78 is 4.47. The van der Waals surface area contributed by atoms with Gasteiger partial charge in [-0.05, 0) is 50.1 Å². The molecule has 0 amide bonds. The number of rotatable bonds is 3. The minimum atomic E-state index is 1.13. The fraction of sp³-hybridized carbons (Fsp3) is 0.190. The van der Waals surface area contributed by atoms with Crippen molar-refractivity contribution in [2.45, 2.75) is 20.8 Å². The maximum Gasteiger partial charge on any atom is 0.286 e. The molecule has 0 aliphatic rings. The molecule has 2 heteroatoms. The molecule has 2 nitrogen and oxygen atoms in total. The summed E-state index contributed by atoms with van der Waals surface area (Å²) in [4.78, 5) is 0. The summed E-state index contributed by atoms with van der Waals surface area (Å²) in [5.41, 5.74) is 6.23. The van der Waals surface area contributed by atoms with Crippen molar-refractivity contribution in [3.05, 3.63) is 71.6 Å².